The summed E-state index contributed by atoms with van der Waals surface area (Å²) < 4.78 is 11.3. The zero-order valence-corrected chi connectivity index (χ0v) is 14.0. The van der Waals surface area contributed by atoms with E-state index in [0.29, 0.717) is 0 Å². The van der Waals surface area contributed by atoms with Crippen LogP contribution in [0.2, 0.25) is 0 Å². The first kappa shape index (κ1) is 15.5. The molecule has 0 aliphatic heterocycles. The van der Waals surface area contributed by atoms with Gasteiger partial charge in [-0.05, 0) is 36.4 Å². The van der Waals surface area contributed by atoms with Crippen molar-refractivity contribution in [2.24, 2.45) is 0 Å². The summed E-state index contributed by atoms with van der Waals surface area (Å²) in [6.45, 7) is 0. The van der Waals surface area contributed by atoms with Gasteiger partial charge in [-0.25, -0.2) is 0 Å². The van der Waals surface area contributed by atoms with Crippen LogP contribution in [0.25, 0.3) is 0 Å². The van der Waals surface area contributed by atoms with Gasteiger partial charge in [-0.2, -0.15) is 0 Å². The highest BCUT2D eigenvalue weighted by molar-refractivity contribution is 7.97. The van der Waals surface area contributed by atoms with E-state index in [1.165, 1.54) is 9.79 Å². The third-order valence-electron chi connectivity index (χ3n) is 3.54. The summed E-state index contributed by atoms with van der Waals surface area (Å²) in [7, 11) is 3.12. The van der Waals surface area contributed by atoms with Gasteiger partial charge < -0.3 is 9.47 Å². The lowest BCUT2D eigenvalue weighted by atomic mass is 10.3. The van der Waals surface area contributed by atoms with Crippen molar-refractivity contribution in [3.8, 4) is 11.5 Å². The summed E-state index contributed by atoms with van der Waals surface area (Å²) in [5, 5.41) is 0. The molecule has 0 atom stereocenters. The number of hydrogen-bond donors (Lipinski definition) is 0. The third-order valence-corrected chi connectivity index (χ3v) is 5.84. The fourth-order valence-electron chi connectivity index (χ4n) is 2.50. The minimum absolute atomic E-state index is 0.288. The molecule has 2 nitrogen and oxygen atoms in total. The Morgan fingerprint density at radius 3 is 1.39 bits per heavy atom. The van der Waals surface area contributed by atoms with Crippen LogP contribution in [0.4, 0.5) is 0 Å². The Morgan fingerprint density at radius 2 is 1.00 bits per heavy atom. The van der Waals surface area contributed by atoms with Gasteiger partial charge in [-0.15, -0.1) is 0 Å². The van der Waals surface area contributed by atoms with Crippen LogP contribution in [0.15, 0.2) is 93.5 Å². The van der Waals surface area contributed by atoms with Gasteiger partial charge in [0, 0.05) is 0 Å². The third kappa shape index (κ3) is 3.20. The van der Waals surface area contributed by atoms with E-state index in [1.54, 1.807) is 14.2 Å². The van der Waals surface area contributed by atoms with E-state index >= 15 is 0 Å². The van der Waals surface area contributed by atoms with Crippen molar-refractivity contribution in [1.29, 1.82) is 0 Å². The van der Waals surface area contributed by atoms with Crippen LogP contribution in [0.3, 0.4) is 0 Å². The highest BCUT2D eigenvalue weighted by Crippen LogP contribution is 2.42. The topological polar surface area (TPSA) is 18.5 Å². The number of ether oxygens (including phenoxy) is 2. The van der Waals surface area contributed by atoms with Gasteiger partial charge >= 0.3 is 0 Å². The number of rotatable bonds is 5. The highest BCUT2D eigenvalue weighted by atomic mass is 32.2. The quantitative estimate of drug-likeness (QED) is 0.628. The monoisotopic (exact) mass is 323 g/mol. The molecule has 0 unspecified atom stereocenters. The maximum Gasteiger partial charge on any atom is 0.249 e. The molecule has 0 saturated carbocycles. The first-order valence-corrected chi connectivity index (χ1v) is 8.63. The van der Waals surface area contributed by atoms with Gasteiger partial charge in [0.25, 0.3) is 0 Å². The van der Waals surface area contributed by atoms with E-state index in [1.807, 2.05) is 30.3 Å². The van der Waals surface area contributed by atoms with Crippen molar-refractivity contribution in [2.75, 3.05) is 14.2 Å². The van der Waals surface area contributed by atoms with E-state index in [2.05, 4.69) is 48.5 Å². The van der Waals surface area contributed by atoms with Crippen molar-refractivity contribution in [1.82, 2.24) is 0 Å². The van der Waals surface area contributed by atoms with Crippen LogP contribution < -0.4 is 9.47 Å². The molecule has 0 aliphatic rings. The van der Waals surface area contributed by atoms with Gasteiger partial charge in [0.05, 0.1) is 14.2 Å². The van der Waals surface area contributed by atoms with Crippen molar-refractivity contribution in [2.45, 2.75) is 14.7 Å². The van der Waals surface area contributed by atoms with Crippen molar-refractivity contribution >= 4 is 10.9 Å². The Morgan fingerprint density at radius 1 is 0.565 bits per heavy atom. The SMILES string of the molecule is COc1cccc(OC)c1[S+](c1ccccc1)c1ccccc1. The summed E-state index contributed by atoms with van der Waals surface area (Å²) in [5.74, 6) is 1.70. The molecule has 0 aromatic heterocycles. The fourth-order valence-corrected chi connectivity index (χ4v) is 4.81. The van der Waals surface area contributed by atoms with Crippen LogP contribution in [0.1, 0.15) is 0 Å². The largest absolute Gasteiger partial charge is 0.491 e. The maximum atomic E-state index is 5.64. The van der Waals surface area contributed by atoms with E-state index in [0.717, 1.165) is 16.4 Å². The molecule has 0 bridgehead atoms. The van der Waals surface area contributed by atoms with E-state index in [-0.39, 0.29) is 10.9 Å². The summed E-state index contributed by atoms with van der Waals surface area (Å²) >= 11 is 0. The average molecular weight is 323 g/mol. The molecule has 3 rings (SSSR count). The van der Waals surface area contributed by atoms with Crippen molar-refractivity contribution < 1.29 is 9.47 Å². The molecule has 0 radical (unpaired) electrons. The molecule has 23 heavy (non-hydrogen) atoms. The van der Waals surface area contributed by atoms with E-state index in [9.17, 15) is 0 Å². The predicted molar refractivity (Wildman–Crippen MR) is 94.6 cm³/mol. The van der Waals surface area contributed by atoms with Crippen molar-refractivity contribution in [3.63, 3.8) is 0 Å². The molecule has 0 fully saturated rings. The van der Waals surface area contributed by atoms with E-state index < -0.39 is 0 Å². The summed E-state index contributed by atoms with van der Waals surface area (Å²) in [4.78, 5) is 3.55. The smallest absolute Gasteiger partial charge is 0.249 e. The van der Waals surface area contributed by atoms with Crippen LogP contribution in [0.5, 0.6) is 11.5 Å². The standard InChI is InChI=1S/C20H19O2S/c1-21-18-14-9-15-19(22-2)20(18)23(16-10-5-3-6-11-16)17-12-7-4-8-13-17/h3-15H,1-2H3/q+1. The molecular weight excluding hydrogens is 304 g/mol. The summed E-state index contributed by atoms with van der Waals surface area (Å²) in [6, 6.07) is 26.9. The molecule has 0 N–H and O–H groups in total. The molecule has 0 spiro atoms. The highest BCUT2D eigenvalue weighted by Gasteiger charge is 2.35. The van der Waals surface area contributed by atoms with Crippen molar-refractivity contribution in [3.05, 3.63) is 78.9 Å². The number of hydrogen-bond acceptors (Lipinski definition) is 2. The lowest BCUT2D eigenvalue weighted by molar-refractivity contribution is 0.376. The first-order valence-electron chi connectivity index (χ1n) is 7.40. The van der Waals surface area contributed by atoms with Crippen LogP contribution in [-0.4, -0.2) is 14.2 Å². The Hall–Kier alpha value is -2.39. The Bertz CT molecular complexity index is 695. The zero-order chi connectivity index (χ0) is 16.1. The van der Waals surface area contributed by atoms with Gasteiger partial charge in [0.2, 0.25) is 4.90 Å². The molecule has 0 heterocycles. The molecule has 116 valence electrons. The second-order valence-corrected chi connectivity index (χ2v) is 6.89. The van der Waals surface area contributed by atoms with Crippen LogP contribution >= 0.6 is 0 Å². The summed E-state index contributed by atoms with van der Waals surface area (Å²) in [5.41, 5.74) is 0. The minimum Gasteiger partial charge on any atom is -0.491 e. The number of methoxy groups -OCH3 is 2. The molecule has 3 aromatic rings. The second-order valence-electron chi connectivity index (χ2n) is 4.92. The normalized spacial score (nSPS) is 10.6. The Kier molecular flexibility index (Phi) is 4.89. The Balaban J connectivity index is 2.25. The molecule has 0 saturated heterocycles. The zero-order valence-electron chi connectivity index (χ0n) is 13.2. The molecule has 3 heteroatoms. The van der Waals surface area contributed by atoms with Gasteiger partial charge in [-0.1, -0.05) is 42.5 Å². The Labute approximate surface area is 140 Å². The maximum absolute atomic E-state index is 5.64. The molecular formula is C20H19O2S+. The van der Waals surface area contributed by atoms with Gasteiger partial charge in [0.15, 0.2) is 21.3 Å². The van der Waals surface area contributed by atoms with Crippen LogP contribution in [-0.2, 0) is 10.9 Å². The van der Waals surface area contributed by atoms with Gasteiger partial charge in [-0.3, -0.25) is 0 Å². The van der Waals surface area contributed by atoms with Crippen LogP contribution in [0, 0.1) is 0 Å². The lowest BCUT2D eigenvalue weighted by Gasteiger charge is -2.14. The average Bonchev–Trinajstić information content (AvgIpc) is 2.64. The molecule has 0 amide bonds. The van der Waals surface area contributed by atoms with Gasteiger partial charge in [0.1, 0.15) is 10.9 Å². The first-order chi connectivity index (χ1) is 11.3. The molecule has 3 aromatic carbocycles. The number of benzene rings is 3. The predicted octanol–water partition coefficient (Wildman–Crippen LogP) is 4.80. The minimum atomic E-state index is -0.288. The fraction of sp³-hybridized carbons (Fsp3) is 0.100. The summed E-state index contributed by atoms with van der Waals surface area (Å²) in [6.07, 6.45) is 0. The molecule has 0 aliphatic carbocycles. The lowest BCUT2D eigenvalue weighted by Crippen LogP contribution is -2.08. The van der Waals surface area contributed by atoms with E-state index in [4.69, 9.17) is 9.47 Å². The second kappa shape index (κ2) is 7.25.